The molecule has 2 aromatic carbocycles. The molecule has 0 saturated carbocycles. The maximum absolute atomic E-state index is 12.3. The third-order valence-electron chi connectivity index (χ3n) is 4.40. The van der Waals surface area contributed by atoms with E-state index in [-0.39, 0.29) is 10.3 Å². The number of aryl methyl sites for hydroxylation is 2. The second-order valence-corrected chi connectivity index (χ2v) is 7.68. The number of hydrogen-bond acceptors (Lipinski definition) is 5. The van der Waals surface area contributed by atoms with Gasteiger partial charge in [-0.05, 0) is 62.4 Å². The van der Waals surface area contributed by atoms with E-state index in [9.17, 15) is 4.79 Å². The summed E-state index contributed by atoms with van der Waals surface area (Å²) in [5.41, 5.74) is 1.16. The number of rotatable bonds is 8. The SMILES string of the molecule is CCC(=O)c1c(C)nn(C)c1Oc1ccc(Oc2ccc(OC(C)=C(Cl)Cl)cc2)cc1. The summed E-state index contributed by atoms with van der Waals surface area (Å²) in [6, 6.07) is 14.2. The molecule has 0 saturated heterocycles. The summed E-state index contributed by atoms with van der Waals surface area (Å²) in [5.74, 6) is 3.27. The fourth-order valence-corrected chi connectivity index (χ4v) is 2.94. The maximum Gasteiger partial charge on any atom is 0.228 e. The highest BCUT2D eigenvalue weighted by molar-refractivity contribution is 6.56. The van der Waals surface area contributed by atoms with E-state index in [4.69, 9.17) is 37.4 Å². The van der Waals surface area contributed by atoms with Gasteiger partial charge >= 0.3 is 0 Å². The molecular weight excluding hydrogens is 439 g/mol. The third-order valence-corrected chi connectivity index (χ3v) is 4.94. The van der Waals surface area contributed by atoms with E-state index in [1.807, 2.05) is 6.92 Å². The Morgan fingerprint density at radius 3 is 1.90 bits per heavy atom. The number of aromatic nitrogens is 2. The molecule has 8 heteroatoms. The normalized spacial score (nSPS) is 10.5. The quantitative estimate of drug-likeness (QED) is 0.268. The molecule has 0 bridgehead atoms. The molecule has 0 unspecified atom stereocenters. The minimum atomic E-state index is -0.00742. The molecule has 0 amide bonds. The average Bonchev–Trinajstić information content (AvgIpc) is 3.03. The van der Waals surface area contributed by atoms with Crippen molar-refractivity contribution in [2.24, 2.45) is 7.05 Å². The van der Waals surface area contributed by atoms with E-state index in [1.54, 1.807) is 74.1 Å². The summed E-state index contributed by atoms with van der Waals surface area (Å²) in [6.07, 6.45) is 0.383. The Bertz CT molecular complexity index is 1100. The predicted molar refractivity (Wildman–Crippen MR) is 121 cm³/mol. The van der Waals surface area contributed by atoms with Gasteiger partial charge in [0.05, 0.1) is 5.69 Å². The molecule has 3 aromatic rings. The van der Waals surface area contributed by atoms with Gasteiger partial charge in [0.25, 0.3) is 0 Å². The van der Waals surface area contributed by atoms with Crippen molar-refractivity contribution >= 4 is 29.0 Å². The van der Waals surface area contributed by atoms with Crippen LogP contribution in [0.15, 0.2) is 58.8 Å². The van der Waals surface area contributed by atoms with E-state index in [2.05, 4.69) is 5.10 Å². The van der Waals surface area contributed by atoms with E-state index in [0.717, 1.165) is 0 Å². The first kappa shape index (κ1) is 22.7. The van der Waals surface area contributed by atoms with Crippen LogP contribution in [0.3, 0.4) is 0 Å². The summed E-state index contributed by atoms with van der Waals surface area (Å²) in [7, 11) is 1.75. The largest absolute Gasteiger partial charge is 0.460 e. The van der Waals surface area contributed by atoms with E-state index >= 15 is 0 Å². The summed E-state index contributed by atoms with van der Waals surface area (Å²) >= 11 is 11.4. The first-order valence-corrected chi connectivity index (χ1v) is 10.4. The van der Waals surface area contributed by atoms with Gasteiger partial charge in [0.2, 0.25) is 5.88 Å². The van der Waals surface area contributed by atoms with Gasteiger partial charge in [-0.25, -0.2) is 4.68 Å². The predicted octanol–water partition coefficient (Wildman–Crippen LogP) is 6.95. The molecule has 0 aliphatic rings. The number of carbonyl (C=O) groups is 1. The Balaban J connectivity index is 1.69. The highest BCUT2D eigenvalue weighted by Crippen LogP contribution is 2.31. The molecular formula is C23H22Cl2N2O4. The van der Waals surface area contributed by atoms with Crippen LogP contribution in [-0.2, 0) is 7.05 Å². The fraction of sp³-hybridized carbons (Fsp3) is 0.217. The van der Waals surface area contributed by atoms with Gasteiger partial charge in [0.1, 0.15) is 38.8 Å². The lowest BCUT2D eigenvalue weighted by atomic mass is 10.1. The smallest absolute Gasteiger partial charge is 0.228 e. The minimum absolute atomic E-state index is 0.00742. The lowest BCUT2D eigenvalue weighted by Gasteiger charge is -2.10. The van der Waals surface area contributed by atoms with Gasteiger partial charge in [0.15, 0.2) is 5.78 Å². The van der Waals surface area contributed by atoms with Gasteiger partial charge in [-0.3, -0.25) is 4.79 Å². The van der Waals surface area contributed by atoms with Crippen LogP contribution in [0.1, 0.15) is 36.3 Å². The number of Topliss-reactive ketones (excluding diaryl/α,β-unsaturated/α-hetero) is 1. The zero-order valence-corrected chi connectivity index (χ0v) is 19.1. The topological polar surface area (TPSA) is 62.6 Å². The third kappa shape index (κ3) is 5.60. The van der Waals surface area contributed by atoms with Gasteiger partial charge in [0, 0.05) is 13.5 Å². The van der Waals surface area contributed by atoms with Crippen LogP contribution in [-0.4, -0.2) is 15.6 Å². The number of hydrogen-bond donors (Lipinski definition) is 0. The summed E-state index contributed by atoms with van der Waals surface area (Å²) < 4.78 is 19.0. The monoisotopic (exact) mass is 460 g/mol. The maximum atomic E-state index is 12.3. The van der Waals surface area contributed by atoms with Gasteiger partial charge in [-0.1, -0.05) is 30.1 Å². The van der Waals surface area contributed by atoms with Crippen molar-refractivity contribution in [1.82, 2.24) is 9.78 Å². The molecule has 6 nitrogen and oxygen atoms in total. The lowest BCUT2D eigenvalue weighted by Crippen LogP contribution is -2.02. The second kappa shape index (κ2) is 9.90. The minimum Gasteiger partial charge on any atom is -0.460 e. The van der Waals surface area contributed by atoms with Gasteiger partial charge in [-0.2, -0.15) is 5.10 Å². The fourth-order valence-electron chi connectivity index (χ4n) is 2.87. The van der Waals surface area contributed by atoms with Crippen molar-refractivity contribution in [3.63, 3.8) is 0 Å². The van der Waals surface area contributed by atoms with Crippen LogP contribution >= 0.6 is 23.2 Å². The molecule has 0 N–H and O–H groups in total. The highest BCUT2D eigenvalue weighted by Gasteiger charge is 2.21. The van der Waals surface area contributed by atoms with Crippen molar-refractivity contribution in [2.75, 3.05) is 0 Å². The molecule has 1 aromatic heterocycles. The summed E-state index contributed by atoms with van der Waals surface area (Å²) in [6.45, 7) is 5.29. The van der Waals surface area contributed by atoms with Crippen LogP contribution in [0, 0.1) is 6.92 Å². The Hall–Kier alpha value is -2.96. The van der Waals surface area contributed by atoms with Crippen LogP contribution in [0.2, 0.25) is 0 Å². The second-order valence-electron chi connectivity index (χ2n) is 6.73. The molecule has 1 heterocycles. The number of halogens is 2. The molecule has 0 spiro atoms. The first-order valence-electron chi connectivity index (χ1n) is 9.60. The van der Waals surface area contributed by atoms with Crippen molar-refractivity contribution in [1.29, 1.82) is 0 Å². The Morgan fingerprint density at radius 1 is 0.935 bits per heavy atom. The van der Waals surface area contributed by atoms with Crippen molar-refractivity contribution < 1.29 is 19.0 Å². The molecule has 0 aliphatic heterocycles. The standard InChI is InChI=1S/C23H22Cl2N2O4/c1-5-20(28)21-14(2)26-27(4)23(21)31-19-12-10-18(11-13-19)30-17-8-6-16(7-9-17)29-15(3)22(24)25/h6-13H,5H2,1-4H3. The van der Waals surface area contributed by atoms with E-state index < -0.39 is 0 Å². The van der Waals surface area contributed by atoms with Crippen LogP contribution < -0.4 is 14.2 Å². The zero-order valence-electron chi connectivity index (χ0n) is 17.6. The first-order chi connectivity index (χ1) is 14.8. The summed E-state index contributed by atoms with van der Waals surface area (Å²) in [5, 5.41) is 4.30. The van der Waals surface area contributed by atoms with Crippen LogP contribution in [0.25, 0.3) is 0 Å². The molecule has 0 aliphatic carbocycles. The van der Waals surface area contributed by atoms with E-state index in [0.29, 0.717) is 52.3 Å². The Morgan fingerprint density at radius 2 is 1.42 bits per heavy atom. The van der Waals surface area contributed by atoms with Crippen LogP contribution in [0.5, 0.6) is 28.9 Å². The zero-order chi connectivity index (χ0) is 22.5. The van der Waals surface area contributed by atoms with Crippen LogP contribution in [0.4, 0.5) is 0 Å². The Labute approximate surface area is 190 Å². The van der Waals surface area contributed by atoms with Gasteiger partial charge < -0.3 is 14.2 Å². The molecule has 31 heavy (non-hydrogen) atoms. The van der Waals surface area contributed by atoms with Crippen molar-refractivity contribution in [2.45, 2.75) is 27.2 Å². The highest BCUT2D eigenvalue weighted by atomic mass is 35.5. The number of nitrogens with zero attached hydrogens (tertiary/aromatic N) is 2. The van der Waals surface area contributed by atoms with Crippen molar-refractivity contribution in [3.05, 3.63) is 70.0 Å². The average molecular weight is 461 g/mol. The molecule has 0 radical (unpaired) electrons. The van der Waals surface area contributed by atoms with Crippen molar-refractivity contribution in [3.8, 4) is 28.9 Å². The lowest BCUT2D eigenvalue weighted by molar-refractivity contribution is 0.0985. The number of allylic oxidation sites excluding steroid dienone is 1. The molecule has 3 rings (SSSR count). The number of carbonyl (C=O) groups excluding carboxylic acids is 1. The number of benzene rings is 2. The Kier molecular flexibility index (Phi) is 7.25. The van der Waals surface area contributed by atoms with Gasteiger partial charge in [-0.15, -0.1) is 0 Å². The molecule has 0 fully saturated rings. The molecule has 0 atom stereocenters. The van der Waals surface area contributed by atoms with E-state index in [1.165, 1.54) is 0 Å². The number of ketones is 1. The number of ether oxygens (including phenoxy) is 3. The summed E-state index contributed by atoms with van der Waals surface area (Å²) in [4.78, 5) is 12.3. The molecule has 162 valence electrons.